The number of hydrogen-bond acceptors (Lipinski definition) is 6. The highest BCUT2D eigenvalue weighted by Crippen LogP contribution is 2.28. The van der Waals surface area contributed by atoms with E-state index in [9.17, 15) is 14.7 Å². The molecule has 3 rings (SSSR count). The number of ether oxygens (including phenoxy) is 2. The molecule has 0 radical (unpaired) electrons. The zero-order valence-electron chi connectivity index (χ0n) is 15.4. The molecule has 0 aliphatic carbocycles. The maximum absolute atomic E-state index is 12.5. The van der Waals surface area contributed by atoms with Gasteiger partial charge in [-0.25, -0.2) is 9.59 Å². The molecule has 0 unspecified atom stereocenters. The zero-order valence-corrected chi connectivity index (χ0v) is 15.4. The lowest BCUT2D eigenvalue weighted by atomic mass is 10.0. The van der Waals surface area contributed by atoms with Crippen LogP contribution in [0.25, 0.3) is 11.0 Å². The Morgan fingerprint density at radius 3 is 2.63 bits per heavy atom. The number of aryl methyl sites for hydroxylation is 2. The first-order valence-corrected chi connectivity index (χ1v) is 8.53. The highest BCUT2D eigenvalue weighted by Gasteiger charge is 2.16. The second-order valence-corrected chi connectivity index (χ2v) is 6.20. The standard InChI is InChI=1S/C21H20O6/c1-4-13-8-15-14(9-20(23)27-19(15)10-17(13)22)11-26-21(24)16-7-12(2)5-6-18(16)25-3/h5-10,22H,4,11H2,1-3H3. The van der Waals surface area contributed by atoms with Crippen molar-refractivity contribution in [2.75, 3.05) is 7.11 Å². The third-order valence-electron chi connectivity index (χ3n) is 4.34. The number of carbonyl (C=O) groups excluding carboxylic acids is 1. The number of phenolic OH excluding ortho intramolecular Hbond substituents is 1. The van der Waals surface area contributed by atoms with Crippen molar-refractivity contribution in [3.8, 4) is 11.5 Å². The molecule has 3 aromatic rings. The van der Waals surface area contributed by atoms with Gasteiger partial charge < -0.3 is 19.0 Å². The van der Waals surface area contributed by atoms with Crippen molar-refractivity contribution in [3.05, 3.63) is 69.1 Å². The maximum atomic E-state index is 12.5. The molecule has 0 saturated heterocycles. The van der Waals surface area contributed by atoms with E-state index in [-0.39, 0.29) is 17.9 Å². The van der Waals surface area contributed by atoms with Crippen LogP contribution in [0.4, 0.5) is 0 Å². The Morgan fingerprint density at radius 2 is 1.93 bits per heavy atom. The van der Waals surface area contributed by atoms with Crippen LogP contribution in [0.5, 0.6) is 11.5 Å². The lowest BCUT2D eigenvalue weighted by Crippen LogP contribution is -2.09. The van der Waals surface area contributed by atoms with E-state index in [2.05, 4.69) is 0 Å². The van der Waals surface area contributed by atoms with Gasteiger partial charge in [-0.3, -0.25) is 0 Å². The minimum atomic E-state index is -0.578. The molecule has 6 heteroatoms. The van der Waals surface area contributed by atoms with E-state index in [0.717, 1.165) is 5.56 Å². The van der Waals surface area contributed by atoms with Gasteiger partial charge in [0.2, 0.25) is 0 Å². The van der Waals surface area contributed by atoms with E-state index in [4.69, 9.17) is 13.9 Å². The third-order valence-corrected chi connectivity index (χ3v) is 4.34. The highest BCUT2D eigenvalue weighted by atomic mass is 16.5. The summed E-state index contributed by atoms with van der Waals surface area (Å²) in [6, 6.07) is 9.67. The number of carbonyl (C=O) groups is 1. The van der Waals surface area contributed by atoms with Crippen molar-refractivity contribution < 1.29 is 23.8 Å². The average Bonchev–Trinajstić information content (AvgIpc) is 2.65. The van der Waals surface area contributed by atoms with Crippen LogP contribution >= 0.6 is 0 Å². The first-order valence-electron chi connectivity index (χ1n) is 8.53. The van der Waals surface area contributed by atoms with Crippen molar-refractivity contribution >= 4 is 16.9 Å². The van der Waals surface area contributed by atoms with E-state index < -0.39 is 11.6 Å². The Hall–Kier alpha value is -3.28. The minimum Gasteiger partial charge on any atom is -0.508 e. The molecule has 0 aliphatic rings. The number of methoxy groups -OCH3 is 1. The molecule has 6 nitrogen and oxygen atoms in total. The predicted molar refractivity (Wildman–Crippen MR) is 100 cm³/mol. The van der Waals surface area contributed by atoms with Gasteiger partial charge in [0.05, 0.1) is 7.11 Å². The van der Waals surface area contributed by atoms with Gasteiger partial charge in [-0.2, -0.15) is 0 Å². The Bertz CT molecular complexity index is 1060. The smallest absolute Gasteiger partial charge is 0.342 e. The van der Waals surface area contributed by atoms with E-state index in [1.165, 1.54) is 19.2 Å². The predicted octanol–water partition coefficient (Wildman–Crippen LogP) is 3.74. The molecular weight excluding hydrogens is 348 g/mol. The zero-order chi connectivity index (χ0) is 19.6. The summed E-state index contributed by atoms with van der Waals surface area (Å²) < 4.78 is 15.8. The second kappa shape index (κ2) is 7.53. The molecule has 140 valence electrons. The Kier molecular flexibility index (Phi) is 5.16. The molecule has 27 heavy (non-hydrogen) atoms. The molecular formula is C21H20O6. The van der Waals surface area contributed by atoms with Crippen molar-refractivity contribution in [1.82, 2.24) is 0 Å². The molecule has 0 fully saturated rings. The molecule has 0 bridgehead atoms. The number of esters is 1. The van der Waals surface area contributed by atoms with Gasteiger partial charge in [-0.05, 0) is 37.1 Å². The fourth-order valence-electron chi connectivity index (χ4n) is 2.91. The molecule has 2 aromatic carbocycles. The van der Waals surface area contributed by atoms with Crippen molar-refractivity contribution in [3.63, 3.8) is 0 Å². The van der Waals surface area contributed by atoms with Gasteiger partial charge in [-0.15, -0.1) is 0 Å². The summed E-state index contributed by atoms with van der Waals surface area (Å²) in [6.45, 7) is 3.67. The lowest BCUT2D eigenvalue weighted by molar-refractivity contribution is 0.0470. The Morgan fingerprint density at radius 1 is 1.15 bits per heavy atom. The molecule has 0 aliphatic heterocycles. The van der Waals surface area contributed by atoms with Crippen LogP contribution in [-0.4, -0.2) is 18.2 Å². The topological polar surface area (TPSA) is 86.0 Å². The van der Waals surface area contributed by atoms with Crippen LogP contribution < -0.4 is 10.4 Å². The molecule has 0 atom stereocenters. The monoisotopic (exact) mass is 368 g/mol. The number of fused-ring (bicyclic) bond motifs is 1. The van der Waals surface area contributed by atoms with E-state index in [1.807, 2.05) is 19.9 Å². The van der Waals surface area contributed by atoms with Gasteiger partial charge in [-0.1, -0.05) is 18.6 Å². The highest BCUT2D eigenvalue weighted by molar-refractivity contribution is 5.93. The second-order valence-electron chi connectivity index (χ2n) is 6.20. The SMILES string of the molecule is CCc1cc2c(COC(=O)c3cc(C)ccc3OC)cc(=O)oc2cc1O. The summed E-state index contributed by atoms with van der Waals surface area (Å²) in [5.74, 6) is -0.0700. The number of aromatic hydroxyl groups is 1. The number of rotatable bonds is 5. The molecule has 0 saturated carbocycles. The summed E-state index contributed by atoms with van der Waals surface area (Å²) in [6.07, 6.45) is 0.612. The maximum Gasteiger partial charge on any atom is 0.342 e. The molecule has 1 heterocycles. The largest absolute Gasteiger partial charge is 0.508 e. The van der Waals surface area contributed by atoms with Crippen LogP contribution in [0.3, 0.4) is 0 Å². The van der Waals surface area contributed by atoms with Crippen molar-refractivity contribution in [1.29, 1.82) is 0 Å². The van der Waals surface area contributed by atoms with Gasteiger partial charge in [0.1, 0.15) is 29.3 Å². The summed E-state index contributed by atoms with van der Waals surface area (Å²) >= 11 is 0. The lowest BCUT2D eigenvalue weighted by Gasteiger charge is -2.11. The number of phenols is 1. The average molecular weight is 368 g/mol. The van der Waals surface area contributed by atoms with Gasteiger partial charge in [0, 0.05) is 23.1 Å². The van der Waals surface area contributed by atoms with E-state index in [0.29, 0.717) is 34.2 Å². The van der Waals surface area contributed by atoms with Crippen LogP contribution in [0.1, 0.15) is 34.0 Å². The van der Waals surface area contributed by atoms with Gasteiger partial charge >= 0.3 is 11.6 Å². The summed E-state index contributed by atoms with van der Waals surface area (Å²) in [4.78, 5) is 24.3. The molecule has 0 amide bonds. The summed E-state index contributed by atoms with van der Waals surface area (Å²) in [7, 11) is 1.48. The van der Waals surface area contributed by atoms with Crippen molar-refractivity contribution in [2.24, 2.45) is 0 Å². The van der Waals surface area contributed by atoms with E-state index >= 15 is 0 Å². The van der Waals surface area contributed by atoms with Crippen LogP contribution in [0.15, 0.2) is 45.6 Å². The van der Waals surface area contributed by atoms with Crippen LogP contribution in [0.2, 0.25) is 0 Å². The Labute approximate surface area is 156 Å². The fourth-order valence-corrected chi connectivity index (χ4v) is 2.91. The number of hydrogen-bond donors (Lipinski definition) is 1. The van der Waals surface area contributed by atoms with Crippen LogP contribution in [-0.2, 0) is 17.8 Å². The first kappa shape index (κ1) is 18.5. The fraction of sp³-hybridized carbons (Fsp3) is 0.238. The normalized spacial score (nSPS) is 10.8. The molecule has 1 aromatic heterocycles. The van der Waals surface area contributed by atoms with Gasteiger partial charge in [0.15, 0.2) is 0 Å². The third kappa shape index (κ3) is 3.79. The van der Waals surface area contributed by atoms with E-state index in [1.54, 1.807) is 18.2 Å². The molecule has 0 spiro atoms. The minimum absolute atomic E-state index is 0.0618. The summed E-state index contributed by atoms with van der Waals surface area (Å²) in [5.41, 5.74) is 2.11. The number of benzene rings is 2. The van der Waals surface area contributed by atoms with Crippen LogP contribution in [0, 0.1) is 6.92 Å². The quantitative estimate of drug-likeness (QED) is 0.545. The first-order chi connectivity index (χ1) is 12.9. The molecule has 1 N–H and O–H groups in total. The van der Waals surface area contributed by atoms with Gasteiger partial charge in [0.25, 0.3) is 0 Å². The summed E-state index contributed by atoms with van der Waals surface area (Å²) in [5, 5.41) is 10.6. The van der Waals surface area contributed by atoms with Crippen molar-refractivity contribution in [2.45, 2.75) is 26.9 Å². The Balaban J connectivity index is 1.94.